The molecule has 0 unspecified atom stereocenters. The Bertz CT molecular complexity index is 1500. The summed E-state index contributed by atoms with van der Waals surface area (Å²) in [6.07, 6.45) is -4.05. The molecule has 1 N–H and O–H groups in total. The van der Waals surface area contributed by atoms with Crippen molar-refractivity contribution in [3.8, 4) is 0 Å². The SMILES string of the molecule is CNC(=O)[C@H](Cc1ccccc1)N(Cc1c(Cl)cccc1Cl)C(=O)CN(c1cc(C(F)(F)F)ccc1Cl)S(C)(=O)=O. The first-order valence-electron chi connectivity index (χ1n) is 12.0. The first kappa shape index (κ1) is 32.5. The lowest BCUT2D eigenvalue weighted by Crippen LogP contribution is -2.53. The second-order valence-electron chi connectivity index (χ2n) is 8.98. The van der Waals surface area contributed by atoms with E-state index in [9.17, 15) is 31.2 Å². The monoisotopic (exact) mass is 649 g/mol. The summed E-state index contributed by atoms with van der Waals surface area (Å²) >= 11 is 18.8. The van der Waals surface area contributed by atoms with Gasteiger partial charge in [0.15, 0.2) is 0 Å². The lowest BCUT2D eigenvalue weighted by Gasteiger charge is -2.33. The fraction of sp³-hybridized carbons (Fsp3) is 0.259. The van der Waals surface area contributed by atoms with Gasteiger partial charge in [0, 0.05) is 35.6 Å². The van der Waals surface area contributed by atoms with E-state index in [-0.39, 0.29) is 33.6 Å². The third kappa shape index (κ3) is 8.28. The van der Waals surface area contributed by atoms with Gasteiger partial charge < -0.3 is 10.2 Å². The van der Waals surface area contributed by atoms with Gasteiger partial charge in [-0.25, -0.2) is 8.42 Å². The molecule has 2 amide bonds. The highest BCUT2D eigenvalue weighted by atomic mass is 35.5. The number of carbonyl (C=O) groups excluding carboxylic acids is 2. The van der Waals surface area contributed by atoms with E-state index in [2.05, 4.69) is 5.32 Å². The minimum absolute atomic E-state index is 0.0253. The van der Waals surface area contributed by atoms with E-state index in [1.807, 2.05) is 0 Å². The summed E-state index contributed by atoms with van der Waals surface area (Å²) in [6.45, 7) is -1.28. The van der Waals surface area contributed by atoms with Gasteiger partial charge in [0.05, 0.1) is 22.5 Å². The van der Waals surface area contributed by atoms with Crippen molar-refractivity contribution >= 4 is 62.3 Å². The van der Waals surface area contributed by atoms with Crippen LogP contribution in [0, 0.1) is 0 Å². The molecule has 0 aliphatic carbocycles. The molecule has 3 aromatic carbocycles. The van der Waals surface area contributed by atoms with Crippen molar-refractivity contribution in [1.29, 1.82) is 0 Å². The Kier molecular flexibility index (Phi) is 10.6. The predicted molar refractivity (Wildman–Crippen MR) is 154 cm³/mol. The highest BCUT2D eigenvalue weighted by Gasteiger charge is 2.36. The van der Waals surface area contributed by atoms with Crippen molar-refractivity contribution in [1.82, 2.24) is 10.2 Å². The number of anilines is 1. The van der Waals surface area contributed by atoms with Crippen LogP contribution in [-0.2, 0) is 38.8 Å². The van der Waals surface area contributed by atoms with Crippen LogP contribution in [0.3, 0.4) is 0 Å². The fourth-order valence-corrected chi connectivity index (χ4v) is 5.69. The van der Waals surface area contributed by atoms with E-state index in [1.54, 1.807) is 36.4 Å². The van der Waals surface area contributed by atoms with E-state index in [4.69, 9.17) is 34.8 Å². The number of nitrogens with zero attached hydrogens (tertiary/aromatic N) is 2. The zero-order chi connectivity index (χ0) is 30.5. The quantitative estimate of drug-likeness (QED) is 0.300. The van der Waals surface area contributed by atoms with Crippen LogP contribution in [0.25, 0.3) is 0 Å². The smallest absolute Gasteiger partial charge is 0.357 e. The number of amides is 2. The minimum atomic E-state index is -4.81. The highest BCUT2D eigenvalue weighted by molar-refractivity contribution is 7.92. The molecular weight excluding hydrogens is 626 g/mol. The van der Waals surface area contributed by atoms with E-state index in [0.717, 1.165) is 17.2 Å². The van der Waals surface area contributed by atoms with Gasteiger partial charge in [-0.3, -0.25) is 13.9 Å². The van der Waals surface area contributed by atoms with Gasteiger partial charge in [-0.05, 0) is 35.9 Å². The number of hydrogen-bond donors (Lipinski definition) is 1. The van der Waals surface area contributed by atoms with Gasteiger partial charge in [-0.1, -0.05) is 71.2 Å². The van der Waals surface area contributed by atoms with Gasteiger partial charge >= 0.3 is 6.18 Å². The van der Waals surface area contributed by atoms with Gasteiger partial charge in [0.2, 0.25) is 21.8 Å². The molecule has 220 valence electrons. The lowest BCUT2D eigenvalue weighted by atomic mass is 10.0. The Morgan fingerprint density at radius 1 is 0.927 bits per heavy atom. The summed E-state index contributed by atoms with van der Waals surface area (Å²) in [5.41, 5.74) is -0.739. The van der Waals surface area contributed by atoms with Crippen molar-refractivity contribution in [3.63, 3.8) is 0 Å². The molecule has 0 fully saturated rings. The summed E-state index contributed by atoms with van der Waals surface area (Å²) in [6, 6.07) is 14.3. The van der Waals surface area contributed by atoms with Crippen molar-refractivity contribution in [2.75, 3.05) is 24.2 Å². The summed E-state index contributed by atoms with van der Waals surface area (Å²) in [4.78, 5) is 28.2. The van der Waals surface area contributed by atoms with Crippen LogP contribution in [0.2, 0.25) is 15.1 Å². The van der Waals surface area contributed by atoms with Gasteiger partial charge in [0.25, 0.3) is 0 Å². The zero-order valence-electron chi connectivity index (χ0n) is 21.8. The van der Waals surface area contributed by atoms with E-state index < -0.39 is 51.9 Å². The number of sulfonamides is 1. The Balaban J connectivity index is 2.13. The second-order valence-corrected chi connectivity index (χ2v) is 12.1. The fourth-order valence-electron chi connectivity index (χ4n) is 4.05. The lowest BCUT2D eigenvalue weighted by molar-refractivity contribution is -0.139. The molecule has 0 aliphatic heterocycles. The van der Waals surface area contributed by atoms with Crippen molar-refractivity contribution < 1.29 is 31.2 Å². The summed E-state index contributed by atoms with van der Waals surface area (Å²) in [5.74, 6) is -1.49. The standard InChI is InChI=1S/C27H25Cl3F3N3O4S/c1-34-26(38)24(13-17-7-4-3-5-8-17)35(15-19-20(28)9-6-10-21(19)29)25(37)16-36(41(2,39)40)23-14-18(27(31,32)33)11-12-22(23)30/h3-12,14,24H,13,15-16H2,1-2H3,(H,34,38)/t24-/m0/s1. The van der Waals surface area contributed by atoms with Gasteiger partial charge in [0.1, 0.15) is 12.6 Å². The summed E-state index contributed by atoms with van der Waals surface area (Å²) in [5, 5.41) is 2.55. The van der Waals surface area contributed by atoms with Crippen LogP contribution in [-0.4, -0.2) is 51.0 Å². The molecule has 3 rings (SSSR count). The molecule has 0 aliphatic rings. The Hall–Kier alpha value is -2.99. The average molecular weight is 651 g/mol. The van der Waals surface area contributed by atoms with Crippen molar-refractivity contribution in [3.05, 3.63) is 98.5 Å². The minimum Gasteiger partial charge on any atom is -0.357 e. The summed E-state index contributed by atoms with van der Waals surface area (Å²) in [7, 11) is -2.98. The van der Waals surface area contributed by atoms with Gasteiger partial charge in [-0.15, -0.1) is 0 Å². The van der Waals surface area contributed by atoms with Crippen molar-refractivity contribution in [2.24, 2.45) is 0 Å². The molecule has 3 aromatic rings. The topological polar surface area (TPSA) is 86.8 Å². The van der Waals surface area contributed by atoms with Crippen LogP contribution in [0.5, 0.6) is 0 Å². The highest BCUT2D eigenvalue weighted by Crippen LogP contribution is 2.36. The van der Waals surface area contributed by atoms with Crippen LogP contribution in [0.4, 0.5) is 18.9 Å². The Morgan fingerprint density at radius 3 is 2.07 bits per heavy atom. The number of alkyl halides is 3. The number of likely N-dealkylation sites (N-methyl/N-ethyl adjacent to an activating group) is 1. The number of nitrogens with one attached hydrogen (secondary N) is 1. The van der Waals surface area contributed by atoms with Crippen LogP contribution >= 0.6 is 34.8 Å². The van der Waals surface area contributed by atoms with E-state index in [0.29, 0.717) is 22.0 Å². The molecule has 14 heteroatoms. The molecule has 7 nitrogen and oxygen atoms in total. The molecule has 0 saturated carbocycles. The first-order valence-corrected chi connectivity index (χ1v) is 14.9. The molecule has 0 bridgehead atoms. The Labute approximate surface area is 250 Å². The van der Waals surface area contributed by atoms with Crippen LogP contribution in [0.15, 0.2) is 66.7 Å². The maximum Gasteiger partial charge on any atom is 0.416 e. The third-order valence-corrected chi connectivity index (χ3v) is 8.28. The number of rotatable bonds is 10. The normalized spacial score (nSPS) is 12.5. The molecule has 1 atom stereocenters. The Morgan fingerprint density at radius 2 is 1.54 bits per heavy atom. The number of carbonyl (C=O) groups is 2. The van der Waals surface area contributed by atoms with Crippen LogP contribution in [0.1, 0.15) is 16.7 Å². The van der Waals surface area contributed by atoms with Crippen LogP contribution < -0.4 is 9.62 Å². The zero-order valence-corrected chi connectivity index (χ0v) is 24.8. The number of hydrogen-bond acceptors (Lipinski definition) is 4. The maximum atomic E-state index is 13.9. The van der Waals surface area contributed by atoms with E-state index >= 15 is 0 Å². The second kappa shape index (κ2) is 13.3. The molecule has 0 heterocycles. The number of halogens is 6. The molecular formula is C27H25Cl3F3N3O4S. The molecule has 41 heavy (non-hydrogen) atoms. The molecule has 0 saturated heterocycles. The number of benzene rings is 3. The molecule has 0 spiro atoms. The average Bonchev–Trinajstić information content (AvgIpc) is 2.90. The largest absolute Gasteiger partial charge is 0.416 e. The van der Waals surface area contributed by atoms with Gasteiger partial charge in [-0.2, -0.15) is 13.2 Å². The molecule has 0 aromatic heterocycles. The maximum absolute atomic E-state index is 13.9. The first-order chi connectivity index (χ1) is 19.1. The molecule has 0 radical (unpaired) electrons. The third-order valence-electron chi connectivity index (χ3n) is 6.13. The predicted octanol–water partition coefficient (Wildman–Crippen LogP) is 5.82. The van der Waals surface area contributed by atoms with E-state index in [1.165, 1.54) is 19.2 Å². The van der Waals surface area contributed by atoms with Crippen molar-refractivity contribution in [2.45, 2.75) is 25.2 Å². The summed E-state index contributed by atoms with van der Waals surface area (Å²) < 4.78 is 66.5.